The van der Waals surface area contributed by atoms with Crippen molar-refractivity contribution in [2.45, 2.75) is 26.2 Å². The maximum atomic E-state index is 11.3. The molecule has 0 aromatic rings. The minimum absolute atomic E-state index is 0.0804. The second-order valence-electron chi connectivity index (χ2n) is 2.98. The van der Waals surface area contributed by atoms with Crippen molar-refractivity contribution in [3.63, 3.8) is 0 Å². The fourth-order valence-corrected chi connectivity index (χ4v) is 1.13. The van der Waals surface area contributed by atoms with Crippen molar-refractivity contribution in [2.75, 3.05) is 18.9 Å². The number of thiol groups is 1. The Bertz CT molecular complexity index is 212. The van der Waals surface area contributed by atoms with Gasteiger partial charge in [-0.15, -0.1) is 0 Å². The quantitative estimate of drug-likeness (QED) is 0.361. The standard InChI is InChI=1S/C9H18N2O3S/c1-2-9(13)11(5-7-15)14-6-3-4-8(10)12/h15H,2-7H2,1H3,(H2,10,12). The molecule has 0 aliphatic carbocycles. The highest BCUT2D eigenvalue weighted by Gasteiger charge is 2.10. The van der Waals surface area contributed by atoms with Crippen LogP contribution < -0.4 is 5.73 Å². The number of rotatable bonds is 8. The largest absolute Gasteiger partial charge is 0.370 e. The van der Waals surface area contributed by atoms with E-state index in [4.69, 9.17) is 10.6 Å². The van der Waals surface area contributed by atoms with Crippen LogP contribution in [0.4, 0.5) is 0 Å². The van der Waals surface area contributed by atoms with E-state index in [1.54, 1.807) is 6.92 Å². The Morgan fingerprint density at radius 2 is 2.13 bits per heavy atom. The topological polar surface area (TPSA) is 72.6 Å². The molecule has 0 spiro atoms. The normalized spacial score (nSPS) is 10.0. The Balaban J connectivity index is 3.75. The van der Waals surface area contributed by atoms with Crippen LogP contribution in [0, 0.1) is 0 Å². The molecule has 0 saturated carbocycles. The number of nitrogens with zero attached hydrogens (tertiary/aromatic N) is 1. The molecule has 5 nitrogen and oxygen atoms in total. The Kier molecular flexibility index (Phi) is 8.12. The van der Waals surface area contributed by atoms with Gasteiger partial charge >= 0.3 is 0 Å². The van der Waals surface area contributed by atoms with Gasteiger partial charge in [0, 0.05) is 18.6 Å². The predicted molar refractivity (Wildman–Crippen MR) is 60.2 cm³/mol. The van der Waals surface area contributed by atoms with Crippen LogP contribution in [-0.2, 0) is 14.4 Å². The summed E-state index contributed by atoms with van der Waals surface area (Å²) in [4.78, 5) is 27.0. The summed E-state index contributed by atoms with van der Waals surface area (Å²) in [6.45, 7) is 2.54. The van der Waals surface area contributed by atoms with Gasteiger partial charge in [0.1, 0.15) is 0 Å². The highest BCUT2D eigenvalue weighted by molar-refractivity contribution is 7.80. The van der Waals surface area contributed by atoms with E-state index in [0.717, 1.165) is 0 Å². The van der Waals surface area contributed by atoms with Gasteiger partial charge in [0.15, 0.2) is 0 Å². The van der Waals surface area contributed by atoms with Gasteiger partial charge in [-0.3, -0.25) is 14.4 Å². The van der Waals surface area contributed by atoms with E-state index in [1.807, 2.05) is 0 Å². The van der Waals surface area contributed by atoms with Gasteiger partial charge in [-0.05, 0) is 6.42 Å². The summed E-state index contributed by atoms with van der Waals surface area (Å²) in [6, 6.07) is 0. The fraction of sp³-hybridized carbons (Fsp3) is 0.778. The molecule has 0 aliphatic heterocycles. The number of hydrogen-bond donors (Lipinski definition) is 2. The minimum atomic E-state index is -0.360. The lowest BCUT2D eigenvalue weighted by Gasteiger charge is -2.20. The average molecular weight is 234 g/mol. The van der Waals surface area contributed by atoms with Crippen LogP contribution in [0.25, 0.3) is 0 Å². The lowest BCUT2D eigenvalue weighted by Crippen LogP contribution is -2.32. The first kappa shape index (κ1) is 14.2. The Morgan fingerprint density at radius 3 is 2.60 bits per heavy atom. The van der Waals surface area contributed by atoms with Crippen molar-refractivity contribution in [3.8, 4) is 0 Å². The number of carbonyl (C=O) groups excluding carboxylic acids is 2. The molecule has 0 atom stereocenters. The number of amides is 2. The zero-order chi connectivity index (χ0) is 11.7. The molecule has 6 heteroatoms. The lowest BCUT2D eigenvalue weighted by atomic mass is 10.3. The molecule has 0 aromatic carbocycles. The van der Waals surface area contributed by atoms with Crippen molar-refractivity contribution in [1.82, 2.24) is 5.06 Å². The molecule has 0 bridgehead atoms. The molecule has 2 N–H and O–H groups in total. The zero-order valence-corrected chi connectivity index (χ0v) is 9.83. The van der Waals surface area contributed by atoms with Crippen molar-refractivity contribution < 1.29 is 14.4 Å². The molecular formula is C9H18N2O3S. The van der Waals surface area contributed by atoms with Crippen LogP contribution in [0.15, 0.2) is 0 Å². The Hall–Kier alpha value is -0.750. The third-order valence-electron chi connectivity index (χ3n) is 1.70. The van der Waals surface area contributed by atoms with E-state index >= 15 is 0 Å². The van der Waals surface area contributed by atoms with Gasteiger partial charge in [0.2, 0.25) is 11.8 Å². The molecule has 88 valence electrons. The van der Waals surface area contributed by atoms with Crippen LogP contribution in [0.2, 0.25) is 0 Å². The van der Waals surface area contributed by atoms with E-state index in [9.17, 15) is 9.59 Å². The average Bonchev–Trinajstić information content (AvgIpc) is 2.21. The van der Waals surface area contributed by atoms with Gasteiger partial charge in [-0.1, -0.05) is 6.92 Å². The van der Waals surface area contributed by atoms with Crippen LogP contribution in [0.1, 0.15) is 26.2 Å². The highest BCUT2D eigenvalue weighted by atomic mass is 32.1. The number of primary amides is 1. The summed E-state index contributed by atoms with van der Waals surface area (Å²) in [5.41, 5.74) is 4.97. The summed E-state index contributed by atoms with van der Waals surface area (Å²) >= 11 is 4.02. The molecule has 0 heterocycles. The zero-order valence-electron chi connectivity index (χ0n) is 8.94. The van der Waals surface area contributed by atoms with Crippen molar-refractivity contribution in [1.29, 1.82) is 0 Å². The SMILES string of the molecule is CCC(=O)N(CCS)OCCCC(N)=O. The summed E-state index contributed by atoms with van der Waals surface area (Å²) in [5.74, 6) is 0.103. The summed E-state index contributed by atoms with van der Waals surface area (Å²) in [7, 11) is 0. The molecular weight excluding hydrogens is 216 g/mol. The number of carbonyl (C=O) groups is 2. The highest BCUT2D eigenvalue weighted by Crippen LogP contribution is 1.99. The monoisotopic (exact) mass is 234 g/mol. The van der Waals surface area contributed by atoms with Crippen LogP contribution >= 0.6 is 12.6 Å². The summed E-state index contributed by atoms with van der Waals surface area (Å²) < 4.78 is 0. The smallest absolute Gasteiger partial charge is 0.245 e. The van der Waals surface area contributed by atoms with Crippen LogP contribution in [0.3, 0.4) is 0 Å². The van der Waals surface area contributed by atoms with Gasteiger partial charge < -0.3 is 5.73 Å². The molecule has 15 heavy (non-hydrogen) atoms. The number of hydrogen-bond acceptors (Lipinski definition) is 4. The predicted octanol–water partition coefficient (Wildman–Crippen LogP) is 0.352. The summed E-state index contributed by atoms with van der Waals surface area (Å²) in [6.07, 6.45) is 1.19. The number of nitrogens with two attached hydrogens (primary N) is 1. The van der Waals surface area contributed by atoms with Gasteiger partial charge in [0.25, 0.3) is 0 Å². The van der Waals surface area contributed by atoms with Crippen LogP contribution in [-0.4, -0.2) is 35.8 Å². The molecule has 0 saturated heterocycles. The van der Waals surface area contributed by atoms with Gasteiger partial charge in [-0.2, -0.15) is 12.6 Å². The second kappa shape index (κ2) is 8.55. The van der Waals surface area contributed by atoms with E-state index in [-0.39, 0.29) is 18.2 Å². The summed E-state index contributed by atoms with van der Waals surface area (Å²) in [5, 5.41) is 1.29. The second-order valence-corrected chi connectivity index (χ2v) is 3.42. The third-order valence-corrected chi connectivity index (χ3v) is 1.90. The molecule has 0 aliphatic rings. The Morgan fingerprint density at radius 1 is 1.47 bits per heavy atom. The first-order chi connectivity index (χ1) is 7.11. The van der Waals surface area contributed by atoms with Gasteiger partial charge in [0.05, 0.1) is 13.2 Å². The van der Waals surface area contributed by atoms with Crippen molar-refractivity contribution in [2.24, 2.45) is 5.73 Å². The molecule has 0 aromatic heterocycles. The van der Waals surface area contributed by atoms with Crippen molar-refractivity contribution in [3.05, 3.63) is 0 Å². The molecule has 0 radical (unpaired) electrons. The first-order valence-corrected chi connectivity index (χ1v) is 5.57. The van der Waals surface area contributed by atoms with E-state index in [1.165, 1.54) is 5.06 Å². The Labute approximate surface area is 95.3 Å². The first-order valence-electron chi connectivity index (χ1n) is 4.94. The molecule has 2 amide bonds. The van der Waals surface area contributed by atoms with Crippen LogP contribution in [0.5, 0.6) is 0 Å². The molecule has 0 fully saturated rings. The molecule has 0 unspecified atom stereocenters. The van der Waals surface area contributed by atoms with Crippen molar-refractivity contribution >= 4 is 24.4 Å². The van der Waals surface area contributed by atoms with E-state index in [2.05, 4.69) is 12.6 Å². The van der Waals surface area contributed by atoms with E-state index < -0.39 is 0 Å². The third kappa shape index (κ3) is 7.21. The van der Waals surface area contributed by atoms with E-state index in [0.29, 0.717) is 31.7 Å². The number of hydroxylamine groups is 2. The maximum Gasteiger partial charge on any atom is 0.245 e. The fourth-order valence-electron chi connectivity index (χ4n) is 0.950. The lowest BCUT2D eigenvalue weighted by molar-refractivity contribution is -0.185. The minimum Gasteiger partial charge on any atom is -0.370 e. The van der Waals surface area contributed by atoms with Gasteiger partial charge in [-0.25, -0.2) is 5.06 Å². The molecule has 0 rings (SSSR count). The maximum absolute atomic E-state index is 11.3.